The fourth-order valence-electron chi connectivity index (χ4n) is 2.49. The van der Waals surface area contributed by atoms with Crippen molar-refractivity contribution in [1.82, 2.24) is 0 Å². The molecule has 0 unspecified atom stereocenters. The average molecular weight is 273 g/mol. The molecule has 0 bridgehead atoms. The van der Waals surface area contributed by atoms with Crippen LogP contribution in [0.25, 0.3) is 0 Å². The van der Waals surface area contributed by atoms with E-state index in [1.807, 2.05) is 12.1 Å². The second-order valence-corrected chi connectivity index (χ2v) is 4.92. The van der Waals surface area contributed by atoms with E-state index in [1.165, 1.54) is 17.2 Å². The van der Waals surface area contributed by atoms with Gasteiger partial charge < -0.3 is 5.32 Å². The third-order valence-electron chi connectivity index (χ3n) is 3.54. The summed E-state index contributed by atoms with van der Waals surface area (Å²) in [5.41, 5.74) is 3.27. The smallest absolute Gasteiger partial charge is 0.255 e. The molecule has 102 valence electrons. The minimum absolute atomic E-state index is 0.245. The molecule has 0 saturated carbocycles. The highest BCUT2D eigenvalue weighted by Gasteiger charge is 2.14. The van der Waals surface area contributed by atoms with Crippen LogP contribution >= 0.6 is 0 Å². The molecule has 0 aliphatic heterocycles. The van der Waals surface area contributed by atoms with Crippen LogP contribution < -0.4 is 5.32 Å². The summed E-state index contributed by atoms with van der Waals surface area (Å²) in [6.07, 6.45) is 3.16. The van der Waals surface area contributed by atoms with Gasteiger partial charge in [-0.3, -0.25) is 4.79 Å². The van der Waals surface area contributed by atoms with Gasteiger partial charge in [-0.1, -0.05) is 6.07 Å². The molecule has 1 amide bonds. The molecular weight excluding hydrogens is 260 g/mol. The molecule has 2 aromatic rings. The summed E-state index contributed by atoms with van der Waals surface area (Å²) in [6.45, 7) is 0. The van der Waals surface area contributed by atoms with Crippen LogP contribution in [0.15, 0.2) is 36.4 Å². The van der Waals surface area contributed by atoms with Gasteiger partial charge in [0.15, 0.2) is 11.6 Å². The Balaban J connectivity index is 1.80. The van der Waals surface area contributed by atoms with Gasteiger partial charge in [-0.15, -0.1) is 0 Å². The van der Waals surface area contributed by atoms with Gasteiger partial charge in [-0.05, 0) is 54.7 Å². The molecule has 0 spiro atoms. The quantitative estimate of drug-likeness (QED) is 0.888. The van der Waals surface area contributed by atoms with Crippen LogP contribution in [-0.4, -0.2) is 5.91 Å². The van der Waals surface area contributed by atoms with Gasteiger partial charge in [0.05, 0.1) is 0 Å². The summed E-state index contributed by atoms with van der Waals surface area (Å²) in [5, 5.41) is 2.57. The predicted octanol–water partition coefficient (Wildman–Crippen LogP) is 3.71. The Morgan fingerprint density at radius 2 is 1.75 bits per heavy atom. The number of hydrogen-bond acceptors (Lipinski definition) is 1. The summed E-state index contributed by atoms with van der Waals surface area (Å²) >= 11 is 0. The SMILES string of the molecule is O=C(Nc1ccc(F)c(F)c1)c1ccc2c(c1)CCC2. The summed E-state index contributed by atoms with van der Waals surface area (Å²) in [7, 11) is 0. The number of aryl methyl sites for hydroxylation is 2. The molecule has 1 aliphatic carbocycles. The van der Waals surface area contributed by atoms with Gasteiger partial charge >= 0.3 is 0 Å². The van der Waals surface area contributed by atoms with Crippen molar-refractivity contribution >= 4 is 11.6 Å². The van der Waals surface area contributed by atoms with Crippen molar-refractivity contribution in [2.24, 2.45) is 0 Å². The maximum atomic E-state index is 13.1. The lowest BCUT2D eigenvalue weighted by atomic mass is 10.1. The fraction of sp³-hybridized carbons (Fsp3) is 0.188. The van der Waals surface area contributed by atoms with E-state index in [0.29, 0.717) is 5.56 Å². The Labute approximate surface area is 115 Å². The lowest BCUT2D eigenvalue weighted by molar-refractivity contribution is 0.102. The number of carbonyl (C=O) groups excluding carboxylic acids is 1. The molecule has 3 rings (SSSR count). The number of fused-ring (bicyclic) bond motifs is 1. The topological polar surface area (TPSA) is 29.1 Å². The van der Waals surface area contributed by atoms with E-state index in [-0.39, 0.29) is 11.6 Å². The molecule has 1 aliphatic rings. The maximum absolute atomic E-state index is 13.1. The van der Waals surface area contributed by atoms with Crippen LogP contribution in [0.4, 0.5) is 14.5 Å². The fourth-order valence-corrected chi connectivity index (χ4v) is 2.49. The molecule has 0 fully saturated rings. The van der Waals surface area contributed by atoms with Crippen molar-refractivity contribution in [3.63, 3.8) is 0 Å². The van der Waals surface area contributed by atoms with Crippen LogP contribution in [0.5, 0.6) is 0 Å². The van der Waals surface area contributed by atoms with Gasteiger partial charge in [-0.25, -0.2) is 8.78 Å². The number of benzene rings is 2. The molecule has 1 N–H and O–H groups in total. The van der Waals surface area contributed by atoms with Crippen molar-refractivity contribution < 1.29 is 13.6 Å². The number of carbonyl (C=O) groups is 1. The zero-order valence-corrected chi connectivity index (χ0v) is 10.7. The van der Waals surface area contributed by atoms with E-state index in [4.69, 9.17) is 0 Å². The molecule has 0 heterocycles. The van der Waals surface area contributed by atoms with Crippen LogP contribution in [0, 0.1) is 11.6 Å². The second kappa shape index (κ2) is 5.04. The summed E-state index contributed by atoms with van der Waals surface area (Å²) < 4.78 is 25.9. The van der Waals surface area contributed by atoms with E-state index in [2.05, 4.69) is 5.32 Å². The molecule has 2 aromatic carbocycles. The Morgan fingerprint density at radius 1 is 0.950 bits per heavy atom. The monoisotopic (exact) mass is 273 g/mol. The van der Waals surface area contributed by atoms with Crippen LogP contribution in [0.1, 0.15) is 27.9 Å². The largest absolute Gasteiger partial charge is 0.322 e. The van der Waals surface area contributed by atoms with Gasteiger partial charge in [0, 0.05) is 17.3 Å². The maximum Gasteiger partial charge on any atom is 0.255 e. The molecule has 0 saturated heterocycles. The number of nitrogens with one attached hydrogen (secondary N) is 1. The minimum atomic E-state index is -0.975. The zero-order chi connectivity index (χ0) is 14.1. The summed E-state index contributed by atoms with van der Waals surface area (Å²) in [5.74, 6) is -2.22. The Bertz CT molecular complexity index is 682. The molecule has 4 heteroatoms. The first-order valence-electron chi connectivity index (χ1n) is 6.52. The molecule has 2 nitrogen and oxygen atoms in total. The summed E-state index contributed by atoms with van der Waals surface area (Å²) in [4.78, 5) is 12.1. The van der Waals surface area contributed by atoms with E-state index >= 15 is 0 Å². The lowest BCUT2D eigenvalue weighted by Gasteiger charge is -2.07. The van der Waals surface area contributed by atoms with Gasteiger partial charge in [-0.2, -0.15) is 0 Å². The van der Waals surface area contributed by atoms with Crippen molar-refractivity contribution in [3.8, 4) is 0 Å². The first kappa shape index (κ1) is 12.8. The molecular formula is C16H13F2NO. The lowest BCUT2D eigenvalue weighted by Crippen LogP contribution is -2.12. The molecule has 0 aromatic heterocycles. The van der Waals surface area contributed by atoms with Crippen LogP contribution in [-0.2, 0) is 12.8 Å². The highest BCUT2D eigenvalue weighted by molar-refractivity contribution is 6.04. The van der Waals surface area contributed by atoms with Gasteiger partial charge in [0.2, 0.25) is 0 Å². The van der Waals surface area contributed by atoms with Gasteiger partial charge in [0.25, 0.3) is 5.91 Å². The molecule has 0 atom stereocenters. The highest BCUT2D eigenvalue weighted by Crippen LogP contribution is 2.23. The van der Waals surface area contributed by atoms with Crippen molar-refractivity contribution in [2.75, 3.05) is 5.32 Å². The highest BCUT2D eigenvalue weighted by atomic mass is 19.2. The Kier molecular flexibility index (Phi) is 3.22. The first-order chi connectivity index (χ1) is 9.63. The number of halogens is 2. The number of amides is 1. The molecule has 0 radical (unpaired) electrons. The van der Waals surface area contributed by atoms with Crippen LogP contribution in [0.3, 0.4) is 0 Å². The molecule has 20 heavy (non-hydrogen) atoms. The Hall–Kier alpha value is -2.23. The van der Waals surface area contributed by atoms with Gasteiger partial charge in [0.1, 0.15) is 0 Å². The predicted molar refractivity (Wildman–Crippen MR) is 72.8 cm³/mol. The van der Waals surface area contributed by atoms with Crippen LogP contribution in [0.2, 0.25) is 0 Å². The number of anilines is 1. The van der Waals surface area contributed by atoms with Crippen molar-refractivity contribution in [2.45, 2.75) is 19.3 Å². The third-order valence-corrected chi connectivity index (χ3v) is 3.54. The van der Waals surface area contributed by atoms with E-state index in [0.717, 1.165) is 31.4 Å². The number of hydrogen-bond donors (Lipinski definition) is 1. The standard InChI is InChI=1S/C16H13F2NO/c17-14-7-6-13(9-15(14)18)19-16(20)12-5-4-10-2-1-3-11(10)8-12/h4-9H,1-3H2,(H,19,20). The minimum Gasteiger partial charge on any atom is -0.322 e. The van der Waals surface area contributed by atoms with E-state index in [9.17, 15) is 13.6 Å². The second-order valence-electron chi connectivity index (χ2n) is 4.92. The number of rotatable bonds is 2. The summed E-state index contributed by atoms with van der Waals surface area (Å²) in [6, 6.07) is 8.90. The van der Waals surface area contributed by atoms with Crippen molar-refractivity contribution in [3.05, 3.63) is 64.7 Å². The Morgan fingerprint density at radius 3 is 2.55 bits per heavy atom. The van der Waals surface area contributed by atoms with Crippen molar-refractivity contribution in [1.29, 1.82) is 0 Å². The first-order valence-corrected chi connectivity index (χ1v) is 6.52. The normalized spacial score (nSPS) is 13.1. The third kappa shape index (κ3) is 2.41. The van der Waals surface area contributed by atoms with E-state index < -0.39 is 11.6 Å². The zero-order valence-electron chi connectivity index (χ0n) is 10.7. The average Bonchev–Trinajstić information content (AvgIpc) is 2.90. The van der Waals surface area contributed by atoms with E-state index in [1.54, 1.807) is 6.07 Å².